The Hall–Kier alpha value is -2.27. The van der Waals surface area contributed by atoms with Crippen molar-refractivity contribution in [3.05, 3.63) is 60.3 Å². The van der Waals surface area contributed by atoms with Crippen LogP contribution in [0.5, 0.6) is 5.75 Å². The standard InChI is InChI=1S/C19H20N2O2S/c22-17-6-4-15(5-7-17)16-8-12-21(13-9-16)19(23)10-14-24-18-3-1-2-11-20-18/h1-8,11,22H,9-10,12-14H2. The molecule has 1 amide bonds. The highest BCUT2D eigenvalue weighted by Crippen LogP contribution is 2.24. The van der Waals surface area contributed by atoms with E-state index in [-0.39, 0.29) is 11.7 Å². The van der Waals surface area contributed by atoms with Gasteiger partial charge in [0.15, 0.2) is 0 Å². The first-order valence-electron chi connectivity index (χ1n) is 8.02. The second-order valence-corrected chi connectivity index (χ2v) is 6.75. The number of rotatable bonds is 5. The smallest absolute Gasteiger partial charge is 0.223 e. The van der Waals surface area contributed by atoms with E-state index in [0.717, 1.165) is 29.3 Å². The quantitative estimate of drug-likeness (QED) is 0.845. The fourth-order valence-electron chi connectivity index (χ4n) is 2.67. The first-order chi connectivity index (χ1) is 11.7. The Morgan fingerprint density at radius 2 is 2.04 bits per heavy atom. The van der Waals surface area contributed by atoms with Crippen LogP contribution in [0, 0.1) is 0 Å². The number of benzene rings is 1. The number of phenolic OH excluding ortho intramolecular Hbond substituents is 1. The summed E-state index contributed by atoms with van der Waals surface area (Å²) >= 11 is 1.61. The van der Waals surface area contributed by atoms with Gasteiger partial charge in [0, 0.05) is 31.5 Å². The van der Waals surface area contributed by atoms with E-state index in [4.69, 9.17) is 0 Å². The number of carbonyl (C=O) groups excluding carboxylic acids is 1. The molecule has 0 saturated carbocycles. The number of thioether (sulfide) groups is 1. The summed E-state index contributed by atoms with van der Waals surface area (Å²) in [5, 5.41) is 10.3. The Morgan fingerprint density at radius 1 is 1.21 bits per heavy atom. The van der Waals surface area contributed by atoms with E-state index in [9.17, 15) is 9.90 Å². The van der Waals surface area contributed by atoms with Crippen molar-refractivity contribution in [2.24, 2.45) is 0 Å². The lowest BCUT2D eigenvalue weighted by molar-refractivity contribution is -0.130. The highest BCUT2D eigenvalue weighted by molar-refractivity contribution is 7.99. The average Bonchev–Trinajstić information content (AvgIpc) is 2.63. The predicted molar refractivity (Wildman–Crippen MR) is 96.9 cm³/mol. The minimum Gasteiger partial charge on any atom is -0.508 e. The van der Waals surface area contributed by atoms with Crippen molar-refractivity contribution in [3.8, 4) is 5.75 Å². The molecule has 1 N–H and O–H groups in total. The van der Waals surface area contributed by atoms with Gasteiger partial charge in [-0.2, -0.15) is 0 Å². The van der Waals surface area contributed by atoms with E-state index < -0.39 is 0 Å². The molecule has 1 aromatic heterocycles. The summed E-state index contributed by atoms with van der Waals surface area (Å²) in [6, 6.07) is 13.0. The van der Waals surface area contributed by atoms with Gasteiger partial charge in [0.1, 0.15) is 5.75 Å². The molecule has 0 radical (unpaired) electrons. The van der Waals surface area contributed by atoms with Crippen LogP contribution < -0.4 is 0 Å². The topological polar surface area (TPSA) is 53.4 Å². The van der Waals surface area contributed by atoms with Gasteiger partial charge in [0.2, 0.25) is 5.91 Å². The molecule has 0 unspecified atom stereocenters. The van der Waals surface area contributed by atoms with Gasteiger partial charge in [-0.15, -0.1) is 11.8 Å². The zero-order valence-electron chi connectivity index (χ0n) is 13.4. The third kappa shape index (κ3) is 4.38. The van der Waals surface area contributed by atoms with Crippen molar-refractivity contribution in [2.45, 2.75) is 17.9 Å². The molecule has 0 atom stereocenters. The number of amides is 1. The van der Waals surface area contributed by atoms with Crippen LogP contribution >= 0.6 is 11.8 Å². The number of carbonyl (C=O) groups is 1. The second-order valence-electron chi connectivity index (χ2n) is 5.63. The molecule has 0 aliphatic carbocycles. The first kappa shape index (κ1) is 16.6. The van der Waals surface area contributed by atoms with Crippen molar-refractivity contribution in [3.63, 3.8) is 0 Å². The van der Waals surface area contributed by atoms with E-state index in [1.807, 2.05) is 35.2 Å². The van der Waals surface area contributed by atoms with Crippen molar-refractivity contribution in [2.75, 3.05) is 18.8 Å². The lowest BCUT2D eigenvalue weighted by Gasteiger charge is -2.26. The van der Waals surface area contributed by atoms with Crippen LogP contribution in [0.1, 0.15) is 18.4 Å². The maximum absolute atomic E-state index is 12.3. The Kier molecular flexibility index (Phi) is 5.54. The molecular formula is C19H20N2O2S. The van der Waals surface area contributed by atoms with Gasteiger partial charge >= 0.3 is 0 Å². The van der Waals surface area contributed by atoms with Crippen LogP contribution in [-0.4, -0.2) is 39.7 Å². The van der Waals surface area contributed by atoms with Crippen LogP contribution in [-0.2, 0) is 4.79 Å². The molecule has 0 bridgehead atoms. The van der Waals surface area contributed by atoms with Crippen LogP contribution in [0.4, 0.5) is 0 Å². The monoisotopic (exact) mass is 340 g/mol. The van der Waals surface area contributed by atoms with Crippen molar-refractivity contribution < 1.29 is 9.90 Å². The summed E-state index contributed by atoms with van der Waals surface area (Å²) in [5.74, 6) is 1.22. The predicted octanol–water partition coefficient (Wildman–Crippen LogP) is 3.59. The zero-order valence-corrected chi connectivity index (χ0v) is 14.2. The molecule has 5 heteroatoms. The summed E-state index contributed by atoms with van der Waals surface area (Å²) in [4.78, 5) is 18.5. The van der Waals surface area contributed by atoms with Crippen LogP contribution in [0.25, 0.3) is 5.57 Å². The Balaban J connectivity index is 1.48. The second kappa shape index (κ2) is 8.02. The molecule has 124 valence electrons. The van der Waals surface area contributed by atoms with E-state index in [1.54, 1.807) is 30.1 Å². The summed E-state index contributed by atoms with van der Waals surface area (Å²) in [5.41, 5.74) is 2.35. The molecule has 4 nitrogen and oxygen atoms in total. The van der Waals surface area contributed by atoms with Crippen LogP contribution in [0.2, 0.25) is 0 Å². The van der Waals surface area contributed by atoms with Gasteiger partial charge in [-0.1, -0.05) is 24.3 Å². The molecule has 0 spiro atoms. The third-order valence-electron chi connectivity index (χ3n) is 4.00. The van der Waals surface area contributed by atoms with E-state index in [0.29, 0.717) is 13.0 Å². The summed E-state index contributed by atoms with van der Waals surface area (Å²) in [6.45, 7) is 1.41. The largest absolute Gasteiger partial charge is 0.508 e. The minimum atomic E-state index is 0.194. The fourth-order valence-corrected chi connectivity index (χ4v) is 3.46. The minimum absolute atomic E-state index is 0.194. The molecular weight excluding hydrogens is 320 g/mol. The normalized spacial score (nSPS) is 14.3. The van der Waals surface area contributed by atoms with Gasteiger partial charge in [0.05, 0.1) is 5.03 Å². The number of aromatic hydroxyl groups is 1. The third-order valence-corrected chi connectivity index (χ3v) is 4.95. The maximum Gasteiger partial charge on any atom is 0.223 e. The molecule has 1 aromatic carbocycles. The average molecular weight is 340 g/mol. The number of pyridine rings is 1. The van der Waals surface area contributed by atoms with Gasteiger partial charge in [-0.3, -0.25) is 4.79 Å². The summed E-state index contributed by atoms with van der Waals surface area (Å²) < 4.78 is 0. The van der Waals surface area contributed by atoms with Gasteiger partial charge < -0.3 is 10.0 Å². The number of hydrogen-bond donors (Lipinski definition) is 1. The SMILES string of the molecule is O=C(CCSc1ccccn1)N1CC=C(c2ccc(O)cc2)CC1. The maximum atomic E-state index is 12.3. The molecule has 24 heavy (non-hydrogen) atoms. The highest BCUT2D eigenvalue weighted by Gasteiger charge is 2.17. The zero-order chi connectivity index (χ0) is 16.8. The van der Waals surface area contributed by atoms with E-state index >= 15 is 0 Å². The highest BCUT2D eigenvalue weighted by atomic mass is 32.2. The van der Waals surface area contributed by atoms with Crippen LogP contribution in [0.3, 0.4) is 0 Å². The van der Waals surface area contributed by atoms with Gasteiger partial charge in [-0.05, 0) is 41.8 Å². The molecule has 0 fully saturated rings. The van der Waals surface area contributed by atoms with Crippen LogP contribution in [0.15, 0.2) is 59.8 Å². The molecule has 1 aliphatic rings. The van der Waals surface area contributed by atoms with E-state index in [2.05, 4.69) is 11.1 Å². The van der Waals surface area contributed by atoms with Crippen molar-refractivity contribution in [1.29, 1.82) is 0 Å². The first-order valence-corrected chi connectivity index (χ1v) is 9.01. The van der Waals surface area contributed by atoms with Crippen molar-refractivity contribution >= 4 is 23.2 Å². The van der Waals surface area contributed by atoms with Crippen molar-refractivity contribution in [1.82, 2.24) is 9.88 Å². The Bertz CT molecular complexity index is 714. The van der Waals surface area contributed by atoms with Gasteiger partial charge in [0.25, 0.3) is 0 Å². The summed E-state index contributed by atoms with van der Waals surface area (Å²) in [6.07, 6.45) is 5.26. The number of phenols is 1. The summed E-state index contributed by atoms with van der Waals surface area (Å²) in [7, 11) is 0. The lowest BCUT2D eigenvalue weighted by Crippen LogP contribution is -2.34. The Labute approximate surface area is 146 Å². The number of nitrogens with zero attached hydrogens (tertiary/aromatic N) is 2. The molecule has 3 rings (SSSR count). The van der Waals surface area contributed by atoms with E-state index in [1.165, 1.54) is 5.57 Å². The molecule has 0 saturated heterocycles. The fraction of sp³-hybridized carbons (Fsp3) is 0.263. The Morgan fingerprint density at radius 3 is 2.71 bits per heavy atom. The number of aromatic nitrogens is 1. The molecule has 2 aromatic rings. The molecule has 2 heterocycles. The number of hydrogen-bond acceptors (Lipinski definition) is 4. The van der Waals surface area contributed by atoms with Gasteiger partial charge in [-0.25, -0.2) is 4.98 Å². The lowest BCUT2D eigenvalue weighted by atomic mass is 9.99. The molecule has 1 aliphatic heterocycles.